The Bertz CT molecular complexity index is 606. The lowest BCUT2D eigenvalue weighted by atomic mass is 10.1. The zero-order valence-corrected chi connectivity index (χ0v) is 11.1. The maximum absolute atomic E-state index is 12.3. The van der Waals surface area contributed by atoms with Gasteiger partial charge in [0.15, 0.2) is 0 Å². The standard InChI is InChI=1S/C14H13ClN2O2/c1-2-13(18)17-11-6-5-9(15)8-10(11)14(19)12-4-3-7-16-12/h3-8,16H,2H2,1H3,(H,17,18). The number of hydrogen-bond acceptors (Lipinski definition) is 2. The summed E-state index contributed by atoms with van der Waals surface area (Å²) in [4.78, 5) is 26.6. The van der Waals surface area contributed by atoms with E-state index >= 15 is 0 Å². The molecule has 1 aromatic carbocycles. The predicted octanol–water partition coefficient (Wildman–Crippen LogP) is 3.25. The first-order valence-electron chi connectivity index (χ1n) is 5.89. The SMILES string of the molecule is CCC(=O)Nc1ccc(Cl)cc1C(=O)c1ccc[nH]1. The third-order valence-electron chi connectivity index (χ3n) is 2.66. The van der Waals surface area contributed by atoms with E-state index in [2.05, 4.69) is 10.3 Å². The van der Waals surface area contributed by atoms with Crippen molar-refractivity contribution >= 4 is 29.0 Å². The molecule has 0 aliphatic heterocycles. The molecular weight excluding hydrogens is 264 g/mol. The number of nitrogens with one attached hydrogen (secondary N) is 2. The first kappa shape index (κ1) is 13.4. The van der Waals surface area contributed by atoms with Gasteiger partial charge in [-0.25, -0.2) is 0 Å². The van der Waals surface area contributed by atoms with Crippen LogP contribution in [0.15, 0.2) is 36.5 Å². The molecule has 4 nitrogen and oxygen atoms in total. The summed E-state index contributed by atoms with van der Waals surface area (Å²) in [5, 5.41) is 3.15. The number of benzene rings is 1. The van der Waals surface area contributed by atoms with Crippen LogP contribution in [0.4, 0.5) is 5.69 Å². The minimum Gasteiger partial charge on any atom is -0.359 e. The van der Waals surface area contributed by atoms with E-state index in [0.29, 0.717) is 28.4 Å². The van der Waals surface area contributed by atoms with E-state index in [1.807, 2.05) is 0 Å². The summed E-state index contributed by atoms with van der Waals surface area (Å²) in [6.07, 6.45) is 2.01. The summed E-state index contributed by atoms with van der Waals surface area (Å²) >= 11 is 5.92. The van der Waals surface area contributed by atoms with Gasteiger partial charge in [0.25, 0.3) is 0 Å². The van der Waals surface area contributed by atoms with Crippen LogP contribution in [-0.4, -0.2) is 16.7 Å². The molecule has 0 aliphatic rings. The van der Waals surface area contributed by atoms with Gasteiger partial charge >= 0.3 is 0 Å². The number of anilines is 1. The Morgan fingerprint density at radius 3 is 2.74 bits per heavy atom. The number of carbonyl (C=O) groups excluding carboxylic acids is 2. The average molecular weight is 277 g/mol. The molecular formula is C14H13ClN2O2. The molecule has 1 aromatic heterocycles. The number of ketones is 1. The normalized spacial score (nSPS) is 10.2. The summed E-state index contributed by atoms with van der Waals surface area (Å²) in [6.45, 7) is 1.75. The number of hydrogen-bond donors (Lipinski definition) is 2. The maximum atomic E-state index is 12.3. The van der Waals surface area contributed by atoms with Crippen molar-refractivity contribution < 1.29 is 9.59 Å². The van der Waals surface area contributed by atoms with Crippen molar-refractivity contribution in [2.75, 3.05) is 5.32 Å². The van der Waals surface area contributed by atoms with Gasteiger partial charge in [-0.3, -0.25) is 9.59 Å². The summed E-state index contributed by atoms with van der Waals surface area (Å²) in [7, 11) is 0. The van der Waals surface area contributed by atoms with Gasteiger partial charge in [0.1, 0.15) is 0 Å². The van der Waals surface area contributed by atoms with Gasteiger partial charge in [0.2, 0.25) is 11.7 Å². The smallest absolute Gasteiger partial charge is 0.224 e. The van der Waals surface area contributed by atoms with Crippen LogP contribution in [0.3, 0.4) is 0 Å². The molecule has 0 spiro atoms. The summed E-state index contributed by atoms with van der Waals surface area (Å²) < 4.78 is 0. The van der Waals surface area contributed by atoms with Crippen LogP contribution < -0.4 is 5.32 Å². The minimum absolute atomic E-state index is 0.150. The molecule has 5 heteroatoms. The minimum atomic E-state index is -0.209. The highest BCUT2D eigenvalue weighted by Gasteiger charge is 2.16. The predicted molar refractivity (Wildman–Crippen MR) is 74.6 cm³/mol. The first-order valence-corrected chi connectivity index (χ1v) is 6.27. The van der Waals surface area contributed by atoms with Crippen LogP contribution in [-0.2, 0) is 4.79 Å². The number of amides is 1. The quantitative estimate of drug-likeness (QED) is 0.842. The molecule has 2 N–H and O–H groups in total. The molecule has 2 rings (SSSR count). The molecule has 0 aliphatic carbocycles. The van der Waals surface area contributed by atoms with Gasteiger partial charge in [0, 0.05) is 23.2 Å². The van der Waals surface area contributed by atoms with Crippen molar-refractivity contribution in [3.8, 4) is 0 Å². The Kier molecular flexibility index (Phi) is 4.02. The molecule has 0 fully saturated rings. The van der Waals surface area contributed by atoms with Crippen molar-refractivity contribution in [1.29, 1.82) is 0 Å². The van der Waals surface area contributed by atoms with Gasteiger partial charge in [-0.05, 0) is 30.3 Å². The third kappa shape index (κ3) is 3.03. The van der Waals surface area contributed by atoms with E-state index < -0.39 is 0 Å². The highest BCUT2D eigenvalue weighted by atomic mass is 35.5. The number of aromatic nitrogens is 1. The zero-order chi connectivity index (χ0) is 13.8. The average Bonchev–Trinajstić information content (AvgIpc) is 2.93. The number of halogens is 1. The van der Waals surface area contributed by atoms with Crippen LogP contribution in [0, 0.1) is 0 Å². The Morgan fingerprint density at radius 1 is 1.32 bits per heavy atom. The summed E-state index contributed by atoms with van der Waals surface area (Å²) in [5.74, 6) is -0.359. The zero-order valence-electron chi connectivity index (χ0n) is 10.4. The van der Waals surface area contributed by atoms with Crippen LogP contribution in [0.5, 0.6) is 0 Å². The molecule has 0 radical (unpaired) electrons. The van der Waals surface area contributed by atoms with E-state index in [1.54, 1.807) is 43.5 Å². The monoisotopic (exact) mass is 276 g/mol. The Labute approximate surface area is 115 Å². The van der Waals surface area contributed by atoms with E-state index in [0.717, 1.165) is 0 Å². The van der Waals surface area contributed by atoms with E-state index in [9.17, 15) is 9.59 Å². The number of aromatic amines is 1. The third-order valence-corrected chi connectivity index (χ3v) is 2.90. The molecule has 0 saturated carbocycles. The Balaban J connectivity index is 2.40. The number of carbonyl (C=O) groups is 2. The van der Waals surface area contributed by atoms with Crippen LogP contribution in [0.1, 0.15) is 29.4 Å². The topological polar surface area (TPSA) is 62.0 Å². The molecule has 0 unspecified atom stereocenters. The van der Waals surface area contributed by atoms with E-state index in [-0.39, 0.29) is 11.7 Å². The lowest BCUT2D eigenvalue weighted by Crippen LogP contribution is -2.14. The second-order valence-corrected chi connectivity index (χ2v) is 4.44. The van der Waals surface area contributed by atoms with Crippen molar-refractivity contribution in [3.05, 3.63) is 52.8 Å². The molecule has 19 heavy (non-hydrogen) atoms. The molecule has 1 amide bonds. The first-order chi connectivity index (χ1) is 9.11. The second kappa shape index (κ2) is 5.71. The fourth-order valence-corrected chi connectivity index (χ4v) is 1.84. The van der Waals surface area contributed by atoms with Crippen molar-refractivity contribution in [1.82, 2.24) is 4.98 Å². The lowest BCUT2D eigenvalue weighted by molar-refractivity contribution is -0.115. The van der Waals surface area contributed by atoms with Crippen LogP contribution in [0.2, 0.25) is 5.02 Å². The maximum Gasteiger partial charge on any atom is 0.224 e. The number of H-pyrrole nitrogens is 1. The van der Waals surface area contributed by atoms with Crippen molar-refractivity contribution in [2.45, 2.75) is 13.3 Å². The molecule has 0 bridgehead atoms. The molecule has 2 aromatic rings. The lowest BCUT2D eigenvalue weighted by Gasteiger charge is -2.09. The highest BCUT2D eigenvalue weighted by Crippen LogP contribution is 2.23. The fourth-order valence-electron chi connectivity index (χ4n) is 1.67. The van der Waals surface area contributed by atoms with Gasteiger partial charge < -0.3 is 10.3 Å². The molecule has 0 atom stereocenters. The van der Waals surface area contributed by atoms with Gasteiger partial charge in [-0.2, -0.15) is 0 Å². The molecule has 0 saturated heterocycles. The van der Waals surface area contributed by atoms with Gasteiger partial charge in [0.05, 0.1) is 11.4 Å². The number of rotatable bonds is 4. The van der Waals surface area contributed by atoms with Crippen LogP contribution in [0.25, 0.3) is 0 Å². The fraction of sp³-hybridized carbons (Fsp3) is 0.143. The largest absolute Gasteiger partial charge is 0.359 e. The van der Waals surface area contributed by atoms with E-state index in [1.165, 1.54) is 0 Å². The van der Waals surface area contributed by atoms with E-state index in [4.69, 9.17) is 11.6 Å². The summed E-state index contributed by atoms with van der Waals surface area (Å²) in [5.41, 5.74) is 1.29. The highest BCUT2D eigenvalue weighted by molar-refractivity contribution is 6.31. The molecule has 98 valence electrons. The van der Waals surface area contributed by atoms with Gasteiger partial charge in [-0.15, -0.1) is 0 Å². The summed E-state index contributed by atoms with van der Waals surface area (Å²) in [6, 6.07) is 8.23. The second-order valence-electron chi connectivity index (χ2n) is 4.00. The van der Waals surface area contributed by atoms with Crippen LogP contribution >= 0.6 is 11.6 Å². The Morgan fingerprint density at radius 2 is 2.11 bits per heavy atom. The van der Waals surface area contributed by atoms with Crippen molar-refractivity contribution in [2.24, 2.45) is 0 Å². The van der Waals surface area contributed by atoms with Crippen molar-refractivity contribution in [3.63, 3.8) is 0 Å². The van der Waals surface area contributed by atoms with Gasteiger partial charge in [-0.1, -0.05) is 18.5 Å². The molecule has 1 heterocycles. The Hall–Kier alpha value is -2.07.